The minimum Gasteiger partial charge on any atom is -0.493 e. The van der Waals surface area contributed by atoms with Crippen molar-refractivity contribution in [3.63, 3.8) is 0 Å². The fraction of sp³-hybridized carbons (Fsp3) is 0.429. The van der Waals surface area contributed by atoms with Gasteiger partial charge in [0.25, 0.3) is 5.91 Å². The van der Waals surface area contributed by atoms with Crippen LogP contribution in [-0.4, -0.2) is 36.7 Å². The van der Waals surface area contributed by atoms with Gasteiger partial charge in [0.2, 0.25) is 0 Å². The van der Waals surface area contributed by atoms with Crippen molar-refractivity contribution in [2.24, 2.45) is 5.92 Å². The molecule has 0 unspecified atom stereocenters. The molecule has 1 aromatic rings. The van der Waals surface area contributed by atoms with E-state index in [1.54, 1.807) is 0 Å². The lowest BCUT2D eigenvalue weighted by Gasteiger charge is -2.33. The quantitative estimate of drug-likeness (QED) is 0.837. The fourth-order valence-corrected chi connectivity index (χ4v) is 2.27. The maximum Gasteiger partial charge on any atom is 0.387 e. The Labute approximate surface area is 125 Å². The predicted octanol–water partition coefficient (Wildman–Crippen LogP) is 1.89. The summed E-state index contributed by atoms with van der Waals surface area (Å²) in [6, 6.07) is 3.92. The summed E-state index contributed by atoms with van der Waals surface area (Å²) in [5, 5.41) is 11.4. The van der Waals surface area contributed by atoms with Gasteiger partial charge in [0.1, 0.15) is 0 Å². The van der Waals surface area contributed by atoms with Crippen LogP contribution in [0.25, 0.3) is 0 Å². The van der Waals surface area contributed by atoms with Crippen molar-refractivity contribution in [1.82, 2.24) is 5.32 Å². The summed E-state index contributed by atoms with van der Waals surface area (Å²) >= 11 is 0. The smallest absolute Gasteiger partial charge is 0.387 e. The van der Waals surface area contributed by atoms with E-state index in [1.807, 2.05) is 0 Å². The summed E-state index contributed by atoms with van der Waals surface area (Å²) in [5.74, 6) is -2.32. The molecule has 0 radical (unpaired) electrons. The average Bonchev–Trinajstić information content (AvgIpc) is 2.41. The van der Waals surface area contributed by atoms with Crippen molar-refractivity contribution >= 4 is 11.9 Å². The first-order chi connectivity index (χ1) is 10.4. The standard InChI is InChI=1S/C14H15F2NO5/c1-21-10-4-2-3-9(11(10)22-14(15)16)12(18)17-8-5-7(6-8)13(19)20/h2-4,7-8,14H,5-6H2,1H3,(H,17,18)(H,19,20). The zero-order chi connectivity index (χ0) is 16.3. The maximum absolute atomic E-state index is 12.5. The van der Waals surface area contributed by atoms with Gasteiger partial charge in [0.05, 0.1) is 18.6 Å². The van der Waals surface area contributed by atoms with Gasteiger partial charge < -0.3 is 19.9 Å². The van der Waals surface area contributed by atoms with Crippen LogP contribution in [0.1, 0.15) is 23.2 Å². The van der Waals surface area contributed by atoms with Gasteiger partial charge in [-0.05, 0) is 25.0 Å². The minimum atomic E-state index is -3.09. The van der Waals surface area contributed by atoms with Gasteiger partial charge >= 0.3 is 12.6 Å². The van der Waals surface area contributed by atoms with E-state index in [9.17, 15) is 18.4 Å². The number of hydrogen-bond acceptors (Lipinski definition) is 4. The molecule has 0 atom stereocenters. The zero-order valence-electron chi connectivity index (χ0n) is 11.7. The van der Waals surface area contributed by atoms with Crippen molar-refractivity contribution in [2.75, 3.05) is 7.11 Å². The molecule has 1 saturated carbocycles. The molecule has 120 valence electrons. The van der Waals surface area contributed by atoms with Crippen molar-refractivity contribution in [1.29, 1.82) is 0 Å². The molecular weight excluding hydrogens is 300 g/mol. The molecule has 1 fully saturated rings. The number of benzene rings is 1. The van der Waals surface area contributed by atoms with Crippen LogP contribution in [0, 0.1) is 5.92 Å². The topological polar surface area (TPSA) is 84.9 Å². The summed E-state index contributed by atoms with van der Waals surface area (Å²) in [7, 11) is 1.28. The predicted molar refractivity (Wildman–Crippen MR) is 71.2 cm³/mol. The number of para-hydroxylation sites is 1. The van der Waals surface area contributed by atoms with E-state index < -0.39 is 24.4 Å². The molecule has 1 aromatic carbocycles. The molecule has 8 heteroatoms. The highest BCUT2D eigenvalue weighted by atomic mass is 19.3. The molecule has 6 nitrogen and oxygen atoms in total. The van der Waals surface area contributed by atoms with Gasteiger partial charge in [0.15, 0.2) is 11.5 Å². The molecule has 22 heavy (non-hydrogen) atoms. The highest BCUT2D eigenvalue weighted by Gasteiger charge is 2.36. The van der Waals surface area contributed by atoms with E-state index in [2.05, 4.69) is 10.1 Å². The van der Waals surface area contributed by atoms with Gasteiger partial charge in [-0.2, -0.15) is 8.78 Å². The highest BCUT2D eigenvalue weighted by molar-refractivity contribution is 5.98. The number of ether oxygens (including phenoxy) is 2. The van der Waals surface area contributed by atoms with E-state index in [-0.39, 0.29) is 23.1 Å². The number of rotatable bonds is 6. The first-order valence-corrected chi connectivity index (χ1v) is 6.57. The van der Waals surface area contributed by atoms with Crippen LogP contribution in [0.2, 0.25) is 0 Å². The molecule has 0 bridgehead atoms. The Morgan fingerprint density at radius 1 is 1.36 bits per heavy atom. The Morgan fingerprint density at radius 3 is 2.59 bits per heavy atom. The molecule has 0 aromatic heterocycles. The van der Waals surface area contributed by atoms with Crippen molar-refractivity contribution in [3.8, 4) is 11.5 Å². The molecule has 0 aliphatic heterocycles. The number of methoxy groups -OCH3 is 1. The summed E-state index contributed by atoms with van der Waals surface area (Å²) in [6.07, 6.45) is 0.631. The Hall–Kier alpha value is -2.38. The number of halogens is 2. The second kappa shape index (κ2) is 6.59. The summed E-state index contributed by atoms with van der Waals surface area (Å²) < 4.78 is 34.3. The SMILES string of the molecule is COc1cccc(C(=O)NC2CC(C(=O)O)C2)c1OC(F)F. The van der Waals surface area contributed by atoms with Gasteiger partial charge in [-0.15, -0.1) is 0 Å². The lowest BCUT2D eigenvalue weighted by atomic mass is 9.80. The molecule has 0 heterocycles. The lowest BCUT2D eigenvalue weighted by Crippen LogP contribution is -2.46. The monoisotopic (exact) mass is 315 g/mol. The average molecular weight is 315 g/mol. The van der Waals surface area contributed by atoms with Crippen LogP contribution < -0.4 is 14.8 Å². The molecule has 2 N–H and O–H groups in total. The number of carbonyl (C=O) groups is 2. The van der Waals surface area contributed by atoms with Gasteiger partial charge in [-0.3, -0.25) is 9.59 Å². The van der Waals surface area contributed by atoms with Gasteiger partial charge in [-0.25, -0.2) is 0 Å². The number of nitrogens with one attached hydrogen (secondary N) is 1. The molecule has 1 amide bonds. The van der Waals surface area contributed by atoms with Crippen molar-refractivity contribution in [3.05, 3.63) is 23.8 Å². The van der Waals surface area contributed by atoms with E-state index in [0.29, 0.717) is 12.8 Å². The summed E-state index contributed by atoms with van der Waals surface area (Å²) in [4.78, 5) is 22.9. The van der Waals surface area contributed by atoms with Crippen molar-refractivity contribution in [2.45, 2.75) is 25.5 Å². The first-order valence-electron chi connectivity index (χ1n) is 6.57. The summed E-state index contributed by atoms with van der Waals surface area (Å²) in [6.45, 7) is -3.09. The Bertz CT molecular complexity index is 572. The van der Waals surface area contributed by atoms with Crippen LogP contribution in [0.4, 0.5) is 8.78 Å². The van der Waals surface area contributed by atoms with Crippen LogP contribution in [0.15, 0.2) is 18.2 Å². The lowest BCUT2D eigenvalue weighted by molar-refractivity contribution is -0.145. The number of alkyl halides is 2. The maximum atomic E-state index is 12.5. The van der Waals surface area contributed by atoms with Crippen LogP contribution in [-0.2, 0) is 4.79 Å². The first kappa shape index (κ1) is 16.0. The largest absolute Gasteiger partial charge is 0.493 e. The highest BCUT2D eigenvalue weighted by Crippen LogP contribution is 2.33. The second-order valence-electron chi connectivity index (χ2n) is 4.89. The number of carboxylic acid groups (broad SMARTS) is 1. The number of hydrogen-bond donors (Lipinski definition) is 2. The number of amides is 1. The molecular formula is C14H15F2NO5. The second-order valence-corrected chi connectivity index (χ2v) is 4.89. The minimum absolute atomic E-state index is 0.0185. The molecule has 2 rings (SSSR count). The molecule has 1 aliphatic rings. The Kier molecular flexibility index (Phi) is 4.79. The van der Waals surface area contributed by atoms with Crippen LogP contribution in [0.3, 0.4) is 0 Å². The van der Waals surface area contributed by atoms with E-state index in [4.69, 9.17) is 9.84 Å². The third-order valence-electron chi connectivity index (χ3n) is 3.47. The number of carboxylic acids is 1. The third-order valence-corrected chi connectivity index (χ3v) is 3.47. The Balaban J connectivity index is 2.11. The molecule has 0 spiro atoms. The Morgan fingerprint density at radius 2 is 2.05 bits per heavy atom. The number of carbonyl (C=O) groups excluding carboxylic acids is 1. The van der Waals surface area contributed by atoms with Crippen LogP contribution in [0.5, 0.6) is 11.5 Å². The third kappa shape index (κ3) is 3.44. The number of aliphatic carboxylic acids is 1. The van der Waals surface area contributed by atoms with Gasteiger partial charge in [0, 0.05) is 6.04 Å². The van der Waals surface area contributed by atoms with E-state index in [1.165, 1.54) is 25.3 Å². The van der Waals surface area contributed by atoms with E-state index >= 15 is 0 Å². The van der Waals surface area contributed by atoms with Gasteiger partial charge in [-0.1, -0.05) is 6.07 Å². The zero-order valence-corrected chi connectivity index (χ0v) is 11.7. The van der Waals surface area contributed by atoms with Crippen LogP contribution >= 0.6 is 0 Å². The normalized spacial score (nSPS) is 20.2. The molecule has 1 aliphatic carbocycles. The molecule has 0 saturated heterocycles. The van der Waals surface area contributed by atoms with E-state index in [0.717, 1.165) is 0 Å². The summed E-state index contributed by atoms with van der Waals surface area (Å²) in [5.41, 5.74) is -0.0848. The fourth-order valence-electron chi connectivity index (χ4n) is 2.27. The van der Waals surface area contributed by atoms with Crippen molar-refractivity contribution < 1.29 is 33.0 Å².